The fourth-order valence-corrected chi connectivity index (χ4v) is 12.9. The van der Waals surface area contributed by atoms with Gasteiger partial charge >= 0.3 is 27.6 Å². The predicted octanol–water partition coefficient (Wildman–Crippen LogP) is -17.7. The van der Waals surface area contributed by atoms with Gasteiger partial charge in [-0.3, -0.25) is 9.05 Å². The first-order valence-electron chi connectivity index (χ1n) is 29.6. The van der Waals surface area contributed by atoms with Crippen molar-refractivity contribution in [2.24, 2.45) is 11.5 Å². The maximum atomic E-state index is 13.9. The molecule has 0 aromatic carbocycles. The maximum absolute atomic E-state index is 13.9. The van der Waals surface area contributed by atoms with Crippen LogP contribution in [0.25, 0.3) is 0 Å². The molecule has 7 aliphatic rings. The van der Waals surface area contributed by atoms with Gasteiger partial charge in [0.25, 0.3) is 11.6 Å². The number of ether oxygens (including phenoxy) is 13. The van der Waals surface area contributed by atoms with E-state index in [-0.39, 0.29) is 0 Å². The van der Waals surface area contributed by atoms with Crippen molar-refractivity contribution in [1.29, 1.82) is 0 Å². The van der Waals surface area contributed by atoms with Gasteiger partial charge in [0.15, 0.2) is 31.5 Å². The predicted molar refractivity (Wildman–Crippen MR) is 292 cm³/mol. The third-order valence-electron chi connectivity index (χ3n) is 17.0. The molecule has 0 bridgehead atoms. The first-order chi connectivity index (χ1) is 45.6. The number of aliphatic hydroxyl groups excluding tert-OH is 21. The van der Waals surface area contributed by atoms with Crippen LogP contribution in [0.5, 0.6) is 0 Å². The molecule has 0 unspecified atom stereocenters. The molecule has 7 fully saturated rings. The highest BCUT2D eigenvalue weighted by atomic mass is 31.2. The highest BCUT2D eigenvalue weighted by Crippen LogP contribution is 2.48. The van der Waals surface area contributed by atoms with Gasteiger partial charge in [-0.1, -0.05) is 0 Å². The summed E-state index contributed by atoms with van der Waals surface area (Å²) < 4.78 is 108. The average Bonchev–Trinajstić information content (AvgIpc) is 0.742. The van der Waals surface area contributed by atoms with Gasteiger partial charge in [-0.25, -0.2) is 18.7 Å². The molecule has 0 aromatic heterocycles. The lowest BCUT2D eigenvalue weighted by Crippen LogP contribution is -2.71. The van der Waals surface area contributed by atoms with Gasteiger partial charge in [0.1, 0.15) is 159 Å². The Morgan fingerprint density at radius 1 is 0.449 bits per heavy atom. The molecule has 0 spiro atoms. The Morgan fingerprint density at radius 3 is 1.49 bits per heavy atom. The van der Waals surface area contributed by atoms with E-state index < -0.39 is 313 Å². The van der Waals surface area contributed by atoms with E-state index in [1.54, 1.807) is 0 Å². The summed E-state index contributed by atoms with van der Waals surface area (Å²) in [5.41, 5.74) is 11.7. The van der Waals surface area contributed by atoms with Crippen molar-refractivity contribution in [1.82, 2.24) is 0 Å². The van der Waals surface area contributed by atoms with Crippen molar-refractivity contribution in [3.63, 3.8) is 0 Å². The van der Waals surface area contributed by atoms with Gasteiger partial charge in [0.05, 0.1) is 70.5 Å². The molecule has 0 aromatic rings. The van der Waals surface area contributed by atoms with Crippen molar-refractivity contribution < 1.29 is 226 Å². The largest absolute Gasteiger partial charge is 0.477 e. The number of carboxylic acid groups (broad SMARTS) is 2. The molecular weight excluding hydrogens is 1400 g/mol. The Labute approximate surface area is 549 Å². The van der Waals surface area contributed by atoms with Crippen LogP contribution in [-0.4, -0.2) is 421 Å². The molecule has 37 atom stereocenters. The molecule has 0 saturated carbocycles. The van der Waals surface area contributed by atoms with Crippen molar-refractivity contribution >= 4 is 27.6 Å². The van der Waals surface area contributed by atoms with Gasteiger partial charge in [-0.2, -0.15) is 0 Å². The molecule has 50 heteroatoms. The van der Waals surface area contributed by atoms with E-state index in [2.05, 4.69) is 0 Å². The number of phosphoric acid groups is 2. The number of aliphatic carboxylic acids is 2. The lowest BCUT2D eigenvalue weighted by Gasteiger charge is -2.53. The molecule has 7 saturated heterocycles. The molecule has 7 heterocycles. The normalized spacial score (nSPS) is 46.6. The molecule has 31 N–H and O–H groups in total. The zero-order valence-electron chi connectivity index (χ0n) is 50.5. The third kappa shape index (κ3) is 18.3. The smallest absolute Gasteiger partial charge is 0.470 e. The summed E-state index contributed by atoms with van der Waals surface area (Å²) in [6.07, 6.45) is -82.1. The van der Waals surface area contributed by atoms with Crippen LogP contribution >= 0.6 is 15.6 Å². The molecule has 0 amide bonds. The van der Waals surface area contributed by atoms with Gasteiger partial charge in [0.2, 0.25) is 0 Å². The van der Waals surface area contributed by atoms with Crippen molar-refractivity contribution in [2.45, 2.75) is 239 Å². The second-order valence-corrected chi connectivity index (χ2v) is 26.2. The van der Waals surface area contributed by atoms with Crippen molar-refractivity contribution in [2.75, 3.05) is 46.2 Å². The number of phosphoric ester groups is 2. The number of hydrogen-bond acceptors (Lipinski definition) is 42. The second kappa shape index (κ2) is 33.9. The van der Waals surface area contributed by atoms with E-state index in [1.807, 2.05) is 0 Å². The van der Waals surface area contributed by atoms with Crippen LogP contribution in [0.15, 0.2) is 0 Å². The lowest BCUT2D eigenvalue weighted by molar-refractivity contribution is -0.408. The van der Waals surface area contributed by atoms with E-state index in [0.717, 1.165) is 0 Å². The van der Waals surface area contributed by atoms with E-state index in [9.17, 15) is 156 Å². The zero-order chi connectivity index (χ0) is 73.3. The highest BCUT2D eigenvalue weighted by Gasteiger charge is 2.65. The highest BCUT2D eigenvalue weighted by molar-refractivity contribution is 7.46. The van der Waals surface area contributed by atoms with Crippen LogP contribution in [0, 0.1) is 0 Å². The fourth-order valence-electron chi connectivity index (χ4n) is 11.8. The Balaban J connectivity index is 1.32. The molecule has 7 aliphatic heterocycles. The summed E-state index contributed by atoms with van der Waals surface area (Å²) in [7, 11) is -11.9. The monoisotopic (exact) mass is 1490 g/mol. The molecular formula is C48H84N2O46P2. The first kappa shape index (κ1) is 83.0. The molecule has 7 rings (SSSR count). The lowest BCUT2D eigenvalue weighted by atomic mass is 9.89. The Morgan fingerprint density at radius 2 is 0.929 bits per heavy atom. The van der Waals surface area contributed by atoms with E-state index in [4.69, 9.17) is 82.1 Å². The molecule has 0 aliphatic carbocycles. The number of carbonyl (C=O) groups is 2. The van der Waals surface area contributed by atoms with Crippen molar-refractivity contribution in [3.8, 4) is 0 Å². The fraction of sp³-hybridized carbons (Fsp3) is 0.958. The van der Waals surface area contributed by atoms with E-state index in [1.165, 1.54) is 0 Å². The van der Waals surface area contributed by atoms with Crippen LogP contribution < -0.4 is 11.5 Å². The summed E-state index contributed by atoms with van der Waals surface area (Å²) >= 11 is 0. The summed E-state index contributed by atoms with van der Waals surface area (Å²) in [5.74, 6) is -12.1. The molecule has 0 radical (unpaired) electrons. The Hall–Kier alpha value is -2.28. The second-order valence-electron chi connectivity index (χ2n) is 23.8. The average molecular weight is 1490 g/mol. The zero-order valence-corrected chi connectivity index (χ0v) is 52.2. The molecule has 48 nitrogen and oxygen atoms in total. The molecule has 572 valence electrons. The minimum atomic E-state index is -6.08. The van der Waals surface area contributed by atoms with E-state index in [0.29, 0.717) is 0 Å². The summed E-state index contributed by atoms with van der Waals surface area (Å²) in [4.78, 5) is 67.8. The van der Waals surface area contributed by atoms with E-state index >= 15 is 0 Å². The van der Waals surface area contributed by atoms with Crippen LogP contribution in [0.1, 0.15) is 12.8 Å². The van der Waals surface area contributed by atoms with Gasteiger partial charge < -0.3 is 210 Å². The topological polar surface area (TPSA) is 805 Å². The minimum absolute atomic E-state index is 0.924. The summed E-state index contributed by atoms with van der Waals surface area (Å²) in [5, 5.41) is 249. The minimum Gasteiger partial charge on any atom is -0.477 e. The van der Waals surface area contributed by atoms with Gasteiger partial charge in [-0.15, -0.1) is 0 Å². The quantitative estimate of drug-likeness (QED) is 0.0309. The first-order valence-corrected chi connectivity index (χ1v) is 32.6. The summed E-state index contributed by atoms with van der Waals surface area (Å²) in [6.45, 7) is -9.40. The number of aliphatic hydroxyl groups is 21. The van der Waals surface area contributed by atoms with Crippen LogP contribution in [0.4, 0.5) is 0 Å². The van der Waals surface area contributed by atoms with Gasteiger partial charge in [-0.05, 0) is 0 Å². The van der Waals surface area contributed by atoms with Crippen LogP contribution in [0.2, 0.25) is 0 Å². The number of nitrogens with two attached hydrogens (primary N) is 2. The Bertz CT molecular complexity index is 2660. The van der Waals surface area contributed by atoms with Crippen molar-refractivity contribution in [3.05, 3.63) is 0 Å². The maximum Gasteiger partial charge on any atom is 0.470 e. The number of rotatable bonds is 29. The van der Waals surface area contributed by atoms with Gasteiger partial charge in [0, 0.05) is 12.8 Å². The summed E-state index contributed by atoms with van der Waals surface area (Å²) in [6, 6.07) is -3.51. The molecule has 98 heavy (non-hydrogen) atoms. The SMILES string of the molecule is N[C@@H]1[C@@H](O)[C@H](O)[C@@H](CO[C@@H]2O[C@H](CO[C@]3(C(=O)O)C[C@@H](O[C@]4(C(=O)O)C[C@@H](O)[C@@H](O)[C@@H]([C@H](O)CO)O4)[C@@H](O[C@H]4O[C@H]([C@@H](O)CO)[C@@H](OP(=O)(O)O)[C@H](O[C@H]5O[C@H]([C@@H](O)CO)[C@@H](O)[C@H](O[C@H]6O[C@H](CO)[C@@H](O)[C@H](O)[C@H]6O)[C@@H]5O)[C@@H]4O)[C@@H]([C@H](O)CO)O3)[C@@H](OP(=O)(O)O)[C@H](O)[C@H]2N)O[C@@H]1O. The van der Waals surface area contributed by atoms with Crippen LogP contribution in [0.3, 0.4) is 0 Å². The number of hydrogen-bond donors (Lipinski definition) is 29. The van der Waals surface area contributed by atoms with Crippen LogP contribution in [-0.2, 0) is 89.3 Å². The third-order valence-corrected chi connectivity index (χ3v) is 18.1. The number of carboxylic acids is 2. The Kier molecular flexibility index (Phi) is 28.7. The standard InChI is InChI=1S/C48H84N2O46P2/c49-19-24(64)23(63)17(84-40(19)71)8-82-41-20(50)25(65)35(95-97(76,77)78)18(86-41)9-83-47(45(72)73)2-15(92-48(46(74)75)1-10(56)21(61)32(93-48)12(58)4-52)36(34(94-47)14(60)6-54)89-44-30(70)38(39(96-98(79,80)81)33(88-44)13(59)5-53)91-43-29(69)37(28(68)31(87-43)11(57)3-51)90-42-27(67)26(66)22(62)16(7-55)85-42/h10-44,51-71H,1-9,49-50H2,(H,72,73)(H,74,75)(H2,76,77,78)(H2,79,80,81)/t10-,11+,12-,13+,14-,15-,16-,17-,18-,19-,20-,21-,22-,23-,24-,25-,26+,27-,28-,29+,30+,31-,32-,33-,34-,35-,36-,37+,38-,39-,40+,41-,42-,43-,44-,47-,48-/m1/s1.